The molecule has 3 N–H and O–H groups in total. The number of anilines is 3. The van der Waals surface area contributed by atoms with Crippen molar-refractivity contribution >= 4 is 33.3 Å². The summed E-state index contributed by atoms with van der Waals surface area (Å²) in [5, 5.41) is 21.2. The molecule has 7 rings (SSSR count). The number of hydrogen-bond donors (Lipinski definition) is 3. The molecule has 0 atom stereocenters. The number of aromatic nitrogens is 6. The molecule has 0 spiro atoms. The van der Waals surface area contributed by atoms with Crippen molar-refractivity contribution in [3.05, 3.63) is 60.8 Å². The summed E-state index contributed by atoms with van der Waals surface area (Å²) in [4.78, 5) is 33.1. The van der Waals surface area contributed by atoms with E-state index in [1.54, 1.807) is 35.6 Å². The fourth-order valence-electron chi connectivity index (χ4n) is 6.42. The van der Waals surface area contributed by atoms with Crippen molar-refractivity contribution in [2.45, 2.75) is 69.3 Å². The Kier molecular flexibility index (Phi) is 9.07. The maximum atomic E-state index is 13.0. The van der Waals surface area contributed by atoms with Gasteiger partial charge in [0.15, 0.2) is 5.82 Å². The fraction of sp³-hybridized carbons (Fsp3) is 0.471. The van der Waals surface area contributed by atoms with E-state index in [4.69, 9.17) is 4.74 Å². The summed E-state index contributed by atoms with van der Waals surface area (Å²) in [6.45, 7) is 5.93. The van der Waals surface area contributed by atoms with Crippen molar-refractivity contribution in [1.29, 1.82) is 0 Å². The summed E-state index contributed by atoms with van der Waals surface area (Å²) < 4.78 is 31.6. The van der Waals surface area contributed by atoms with E-state index in [0.29, 0.717) is 73.4 Å². The van der Waals surface area contributed by atoms with Crippen LogP contribution in [-0.4, -0.2) is 96.6 Å². The first-order valence-electron chi connectivity index (χ1n) is 16.8. The Morgan fingerprint density at radius 1 is 0.959 bits per heavy atom. The van der Waals surface area contributed by atoms with Crippen molar-refractivity contribution in [3.63, 3.8) is 0 Å². The van der Waals surface area contributed by atoms with Gasteiger partial charge in [0, 0.05) is 55.0 Å². The van der Waals surface area contributed by atoms with Crippen molar-refractivity contribution in [1.82, 2.24) is 34.0 Å². The molecule has 3 fully saturated rings. The molecule has 4 aromatic rings. The van der Waals surface area contributed by atoms with Crippen molar-refractivity contribution in [2.75, 3.05) is 36.9 Å². The number of nitrogens with one attached hydrogen (secondary N) is 2. The molecule has 0 bridgehead atoms. The number of carbonyl (C=O) groups is 1. The highest BCUT2D eigenvalue weighted by atomic mass is 32.2. The average molecular weight is 688 g/mol. The summed E-state index contributed by atoms with van der Waals surface area (Å²) in [6.07, 6.45) is 12.8. The molecule has 4 aromatic heterocycles. The van der Waals surface area contributed by atoms with Crippen LogP contribution in [0.15, 0.2) is 55.2 Å². The second-order valence-electron chi connectivity index (χ2n) is 13.5. The van der Waals surface area contributed by atoms with Gasteiger partial charge in [0.25, 0.3) is 15.9 Å². The van der Waals surface area contributed by atoms with Crippen LogP contribution < -0.4 is 10.6 Å². The quantitative estimate of drug-likeness (QED) is 0.218. The molecule has 0 aromatic carbocycles. The zero-order valence-corrected chi connectivity index (χ0v) is 28.4. The maximum Gasteiger partial charge on any atom is 0.256 e. The second-order valence-corrected chi connectivity index (χ2v) is 15.6. The molecule has 15 heteroatoms. The van der Waals surface area contributed by atoms with E-state index >= 15 is 0 Å². The molecular weight excluding hydrogens is 646 g/mol. The Hall–Kier alpha value is -4.47. The van der Waals surface area contributed by atoms with Crippen molar-refractivity contribution < 1.29 is 23.1 Å². The molecule has 5 heterocycles. The minimum Gasteiger partial charge on any atom is -0.390 e. The van der Waals surface area contributed by atoms with Crippen LogP contribution in [0.25, 0.3) is 22.6 Å². The largest absolute Gasteiger partial charge is 0.390 e. The van der Waals surface area contributed by atoms with E-state index in [0.717, 1.165) is 41.0 Å². The zero-order chi connectivity index (χ0) is 34.2. The van der Waals surface area contributed by atoms with Gasteiger partial charge in [-0.25, -0.2) is 23.4 Å². The number of hydrogen-bond acceptors (Lipinski definition) is 12. The van der Waals surface area contributed by atoms with Crippen molar-refractivity contribution in [3.8, 4) is 22.6 Å². The van der Waals surface area contributed by atoms with Crippen molar-refractivity contribution in [2.24, 2.45) is 5.92 Å². The number of ether oxygens (including phenoxy) is 1. The van der Waals surface area contributed by atoms with Crippen LogP contribution in [0, 0.1) is 5.92 Å². The third-order valence-electron chi connectivity index (χ3n) is 9.51. The number of nitrogens with zero attached hydrogens (tertiary/aromatic N) is 7. The number of aliphatic hydroxyl groups is 1. The Morgan fingerprint density at radius 2 is 1.73 bits per heavy atom. The first kappa shape index (κ1) is 33.0. The van der Waals surface area contributed by atoms with E-state index in [9.17, 15) is 18.3 Å². The van der Waals surface area contributed by atoms with E-state index in [-0.39, 0.29) is 23.1 Å². The van der Waals surface area contributed by atoms with Crippen LogP contribution in [0.4, 0.5) is 17.3 Å². The number of amides is 1. The van der Waals surface area contributed by atoms with Gasteiger partial charge >= 0.3 is 0 Å². The summed E-state index contributed by atoms with van der Waals surface area (Å²) >= 11 is 0. The molecule has 0 unspecified atom stereocenters. The predicted molar refractivity (Wildman–Crippen MR) is 184 cm³/mol. The first-order valence-corrected chi connectivity index (χ1v) is 18.3. The topological polar surface area (TPSA) is 177 Å². The van der Waals surface area contributed by atoms with E-state index < -0.39 is 15.6 Å². The molecule has 1 saturated heterocycles. The van der Waals surface area contributed by atoms with E-state index in [1.807, 2.05) is 26.0 Å². The monoisotopic (exact) mass is 687 g/mol. The molecule has 258 valence electrons. The maximum absolute atomic E-state index is 13.0. The normalized spacial score (nSPS) is 20.2. The SMILES string of the molecule is CC(C)(O)C1CCC(Nc2cc(Nc3ccnc(-c4cnn(S(=O)(=O)C5CC5)c4)n3)ncc2-c2ccc(C(=O)N3CCOCC3)cn2)CC1. The van der Waals surface area contributed by atoms with Gasteiger partial charge in [-0.2, -0.15) is 9.19 Å². The molecule has 1 aliphatic heterocycles. The van der Waals surface area contributed by atoms with Gasteiger partial charge in [-0.3, -0.25) is 9.78 Å². The molecule has 2 saturated carbocycles. The zero-order valence-electron chi connectivity index (χ0n) is 27.6. The molecule has 0 radical (unpaired) electrons. The predicted octanol–water partition coefficient (Wildman–Crippen LogP) is 4.10. The van der Waals surface area contributed by atoms with Gasteiger partial charge in [-0.1, -0.05) is 0 Å². The van der Waals surface area contributed by atoms with Gasteiger partial charge in [0.05, 0.1) is 53.3 Å². The van der Waals surface area contributed by atoms with Gasteiger partial charge in [0.1, 0.15) is 11.6 Å². The molecule has 49 heavy (non-hydrogen) atoms. The average Bonchev–Trinajstić information content (AvgIpc) is 3.85. The third-order valence-corrected chi connectivity index (χ3v) is 11.5. The smallest absolute Gasteiger partial charge is 0.256 e. The van der Waals surface area contributed by atoms with Crippen LogP contribution in [0.1, 0.15) is 62.7 Å². The first-order chi connectivity index (χ1) is 23.5. The lowest BCUT2D eigenvalue weighted by atomic mass is 9.77. The summed E-state index contributed by atoms with van der Waals surface area (Å²) in [5.41, 5.74) is 2.58. The third kappa shape index (κ3) is 7.43. The Bertz CT molecular complexity index is 1910. The molecule has 3 aliphatic rings. The lowest BCUT2D eigenvalue weighted by Crippen LogP contribution is -2.40. The Morgan fingerprint density at radius 3 is 2.43 bits per heavy atom. The standard InChI is InChI=1S/C34H41N9O5S/c1-34(2,45)24-4-6-25(7-5-24)39-29-17-31(37-20-27(29)28-10-3-22(18-36-28)33(44)42-13-15-48-16-14-42)40-30-11-12-35-32(41-30)23-19-38-43(21-23)49(46,47)26-8-9-26/h3,10-12,17-21,24-26,45H,4-9,13-16H2,1-2H3,(H2,35,37,39,40,41). The Balaban J connectivity index is 1.13. The van der Waals surface area contributed by atoms with Gasteiger partial charge in [-0.15, -0.1) is 0 Å². The minimum atomic E-state index is -3.50. The fourth-order valence-corrected chi connectivity index (χ4v) is 7.89. The number of carbonyl (C=O) groups excluding carboxylic acids is 1. The molecule has 14 nitrogen and oxygen atoms in total. The van der Waals surface area contributed by atoms with Gasteiger partial charge < -0.3 is 25.4 Å². The number of morpholine rings is 1. The van der Waals surface area contributed by atoms with Crippen LogP contribution in [-0.2, 0) is 14.8 Å². The number of pyridine rings is 2. The molecule has 2 aliphatic carbocycles. The summed E-state index contributed by atoms with van der Waals surface area (Å²) in [7, 11) is -3.50. The van der Waals surface area contributed by atoms with Crippen LogP contribution in [0.2, 0.25) is 0 Å². The summed E-state index contributed by atoms with van der Waals surface area (Å²) in [5.74, 6) is 1.52. The highest BCUT2D eigenvalue weighted by Gasteiger charge is 2.38. The summed E-state index contributed by atoms with van der Waals surface area (Å²) in [6, 6.07) is 7.44. The highest BCUT2D eigenvalue weighted by Crippen LogP contribution is 2.36. The van der Waals surface area contributed by atoms with E-state index in [1.165, 1.54) is 12.4 Å². The van der Waals surface area contributed by atoms with Crippen LogP contribution >= 0.6 is 0 Å². The van der Waals surface area contributed by atoms with Crippen LogP contribution in [0.5, 0.6) is 0 Å². The minimum absolute atomic E-state index is 0.0666. The highest BCUT2D eigenvalue weighted by molar-refractivity contribution is 7.90. The van der Waals surface area contributed by atoms with Crippen LogP contribution in [0.3, 0.4) is 0 Å². The molecular formula is C34H41N9O5S. The Labute approximate surface area is 285 Å². The van der Waals surface area contributed by atoms with Gasteiger partial charge in [0.2, 0.25) is 0 Å². The van der Waals surface area contributed by atoms with Gasteiger partial charge in [-0.05, 0) is 76.5 Å². The van der Waals surface area contributed by atoms with E-state index in [2.05, 4.69) is 35.7 Å². The molecule has 1 amide bonds. The number of rotatable bonds is 10. The lowest BCUT2D eigenvalue weighted by Gasteiger charge is -2.36. The lowest BCUT2D eigenvalue weighted by molar-refractivity contribution is -0.000396. The second kappa shape index (κ2) is 13.4.